The minimum absolute atomic E-state index is 0.00390. The maximum atomic E-state index is 11.4. The zero-order valence-corrected chi connectivity index (χ0v) is 9.51. The molecule has 0 saturated carbocycles. The van der Waals surface area contributed by atoms with Crippen LogP contribution in [0, 0.1) is 18.3 Å². The first-order valence-corrected chi connectivity index (χ1v) is 5.52. The summed E-state index contributed by atoms with van der Waals surface area (Å²) in [6.45, 7) is 4.31. The SMILES string of the molecule is C#CCCCCC1=C(C)[C@H]1C(=O)OCC. The molecule has 0 amide bonds. The molecule has 2 nitrogen and oxygen atoms in total. The Morgan fingerprint density at radius 3 is 2.87 bits per heavy atom. The average molecular weight is 206 g/mol. The molecule has 0 aromatic rings. The molecule has 0 spiro atoms. The van der Waals surface area contributed by atoms with Gasteiger partial charge in [0.2, 0.25) is 0 Å². The lowest BCUT2D eigenvalue weighted by Crippen LogP contribution is -2.09. The smallest absolute Gasteiger partial charge is 0.317 e. The molecule has 0 bridgehead atoms. The third kappa shape index (κ3) is 3.13. The number of terminal acetylenes is 1. The van der Waals surface area contributed by atoms with Gasteiger partial charge in [-0.05, 0) is 33.1 Å². The third-order valence-electron chi connectivity index (χ3n) is 2.74. The first kappa shape index (κ1) is 11.8. The number of carbonyl (C=O) groups is 1. The lowest BCUT2D eigenvalue weighted by Gasteiger charge is -2.01. The molecule has 0 aromatic carbocycles. The Morgan fingerprint density at radius 1 is 1.53 bits per heavy atom. The van der Waals surface area contributed by atoms with Gasteiger partial charge in [-0.2, -0.15) is 0 Å². The molecule has 1 atom stereocenters. The van der Waals surface area contributed by atoms with E-state index < -0.39 is 0 Å². The van der Waals surface area contributed by atoms with E-state index in [9.17, 15) is 4.79 Å². The van der Waals surface area contributed by atoms with E-state index in [1.807, 2.05) is 13.8 Å². The summed E-state index contributed by atoms with van der Waals surface area (Å²) in [5.74, 6) is 2.53. The summed E-state index contributed by atoms with van der Waals surface area (Å²) in [6, 6.07) is 0. The van der Waals surface area contributed by atoms with Crippen molar-refractivity contribution in [2.75, 3.05) is 6.61 Å². The minimum atomic E-state index is -0.0815. The first-order valence-electron chi connectivity index (χ1n) is 5.52. The molecular weight excluding hydrogens is 188 g/mol. The second-order valence-electron chi connectivity index (χ2n) is 3.80. The van der Waals surface area contributed by atoms with Gasteiger partial charge in [0.1, 0.15) is 0 Å². The van der Waals surface area contributed by atoms with Crippen LogP contribution in [0.4, 0.5) is 0 Å². The molecule has 0 aliphatic heterocycles. The van der Waals surface area contributed by atoms with Crippen molar-refractivity contribution >= 4 is 5.97 Å². The summed E-state index contributed by atoms with van der Waals surface area (Å²) in [5, 5.41) is 0. The highest BCUT2D eigenvalue weighted by Crippen LogP contribution is 2.43. The first-order chi connectivity index (χ1) is 7.22. The van der Waals surface area contributed by atoms with Crippen molar-refractivity contribution in [1.82, 2.24) is 0 Å². The minimum Gasteiger partial charge on any atom is -0.465 e. The Bertz CT molecular complexity index is 307. The fourth-order valence-corrected chi connectivity index (χ4v) is 1.82. The Hall–Kier alpha value is -1.23. The third-order valence-corrected chi connectivity index (χ3v) is 2.74. The van der Waals surface area contributed by atoms with Gasteiger partial charge in [-0.25, -0.2) is 0 Å². The predicted octanol–water partition coefficient (Wildman–Crippen LogP) is 2.69. The average Bonchev–Trinajstić information content (AvgIpc) is 2.85. The van der Waals surface area contributed by atoms with Crippen LogP contribution in [0.5, 0.6) is 0 Å². The van der Waals surface area contributed by atoms with Crippen LogP contribution in [0.2, 0.25) is 0 Å². The van der Waals surface area contributed by atoms with Crippen LogP contribution >= 0.6 is 0 Å². The van der Waals surface area contributed by atoms with Gasteiger partial charge in [0.15, 0.2) is 0 Å². The van der Waals surface area contributed by atoms with Crippen molar-refractivity contribution in [3.05, 3.63) is 11.1 Å². The number of esters is 1. The van der Waals surface area contributed by atoms with Crippen molar-refractivity contribution in [2.45, 2.75) is 39.5 Å². The van der Waals surface area contributed by atoms with Crippen LogP contribution < -0.4 is 0 Å². The standard InChI is InChI=1S/C13H18O2/c1-4-6-7-8-9-11-10(3)12(11)13(14)15-5-2/h1,12H,5-9H2,2-3H3/t12-/m1/s1. The highest BCUT2D eigenvalue weighted by molar-refractivity contribution is 5.85. The van der Waals surface area contributed by atoms with Gasteiger partial charge in [0, 0.05) is 6.42 Å². The van der Waals surface area contributed by atoms with Gasteiger partial charge in [-0.3, -0.25) is 4.79 Å². The zero-order chi connectivity index (χ0) is 11.3. The molecule has 0 aromatic heterocycles. The van der Waals surface area contributed by atoms with Crippen LogP contribution in [0.3, 0.4) is 0 Å². The van der Waals surface area contributed by atoms with Crippen LogP contribution in [0.15, 0.2) is 11.1 Å². The largest absolute Gasteiger partial charge is 0.465 e. The van der Waals surface area contributed by atoms with Gasteiger partial charge in [-0.1, -0.05) is 11.1 Å². The Balaban J connectivity index is 2.22. The van der Waals surface area contributed by atoms with Gasteiger partial charge in [0.05, 0.1) is 12.5 Å². The zero-order valence-electron chi connectivity index (χ0n) is 9.51. The van der Waals surface area contributed by atoms with Crippen LogP contribution in [0.25, 0.3) is 0 Å². The molecule has 15 heavy (non-hydrogen) atoms. The molecular formula is C13H18O2. The number of unbranched alkanes of at least 4 members (excludes halogenated alkanes) is 2. The van der Waals surface area contributed by atoms with Gasteiger partial charge >= 0.3 is 5.97 Å². The molecule has 2 heteroatoms. The topological polar surface area (TPSA) is 26.3 Å². The van der Waals surface area contributed by atoms with E-state index in [0.717, 1.165) is 25.7 Å². The monoisotopic (exact) mass is 206 g/mol. The summed E-state index contributed by atoms with van der Waals surface area (Å²) in [7, 11) is 0. The van der Waals surface area contributed by atoms with Crippen molar-refractivity contribution in [1.29, 1.82) is 0 Å². The van der Waals surface area contributed by atoms with E-state index in [2.05, 4.69) is 5.92 Å². The molecule has 1 aliphatic carbocycles. The normalized spacial score (nSPS) is 18.6. The molecule has 82 valence electrons. The highest BCUT2D eigenvalue weighted by atomic mass is 16.5. The fourth-order valence-electron chi connectivity index (χ4n) is 1.82. The maximum Gasteiger partial charge on any atom is 0.317 e. The Labute approximate surface area is 91.7 Å². The van der Waals surface area contributed by atoms with Gasteiger partial charge in [0.25, 0.3) is 0 Å². The molecule has 0 radical (unpaired) electrons. The predicted molar refractivity (Wildman–Crippen MR) is 60.1 cm³/mol. The molecule has 0 heterocycles. The van der Waals surface area contributed by atoms with E-state index >= 15 is 0 Å². The van der Waals surface area contributed by atoms with Crippen LogP contribution in [-0.2, 0) is 9.53 Å². The van der Waals surface area contributed by atoms with E-state index in [-0.39, 0.29) is 11.9 Å². The molecule has 1 rings (SSSR count). The van der Waals surface area contributed by atoms with Gasteiger partial charge in [-0.15, -0.1) is 12.3 Å². The number of carbonyl (C=O) groups excluding carboxylic acids is 1. The van der Waals surface area contributed by atoms with Crippen molar-refractivity contribution in [3.8, 4) is 12.3 Å². The number of hydrogen-bond donors (Lipinski definition) is 0. The summed E-state index contributed by atoms with van der Waals surface area (Å²) in [4.78, 5) is 11.4. The number of hydrogen-bond acceptors (Lipinski definition) is 2. The van der Waals surface area contributed by atoms with Crippen LogP contribution in [-0.4, -0.2) is 12.6 Å². The lowest BCUT2D eigenvalue weighted by atomic mass is 10.1. The van der Waals surface area contributed by atoms with E-state index in [0.29, 0.717) is 6.61 Å². The van der Waals surface area contributed by atoms with E-state index in [1.54, 1.807) is 0 Å². The summed E-state index contributed by atoms with van der Waals surface area (Å²) in [6.07, 6.45) is 9.11. The molecule has 0 N–H and O–H groups in total. The van der Waals surface area contributed by atoms with E-state index in [1.165, 1.54) is 11.1 Å². The van der Waals surface area contributed by atoms with Gasteiger partial charge < -0.3 is 4.74 Å². The maximum absolute atomic E-state index is 11.4. The molecule has 1 aliphatic rings. The summed E-state index contributed by atoms with van der Waals surface area (Å²) >= 11 is 0. The number of ether oxygens (including phenoxy) is 1. The Morgan fingerprint density at radius 2 is 2.27 bits per heavy atom. The van der Waals surface area contributed by atoms with Crippen molar-refractivity contribution in [2.24, 2.45) is 5.92 Å². The molecule has 0 unspecified atom stereocenters. The molecule has 0 fully saturated rings. The van der Waals surface area contributed by atoms with Crippen molar-refractivity contribution in [3.63, 3.8) is 0 Å². The van der Waals surface area contributed by atoms with Crippen molar-refractivity contribution < 1.29 is 9.53 Å². The summed E-state index contributed by atoms with van der Waals surface area (Å²) < 4.78 is 4.98. The molecule has 0 saturated heterocycles. The quantitative estimate of drug-likeness (QED) is 0.289. The highest BCUT2D eigenvalue weighted by Gasteiger charge is 2.39. The second-order valence-corrected chi connectivity index (χ2v) is 3.80. The second kappa shape index (κ2) is 5.60. The lowest BCUT2D eigenvalue weighted by molar-refractivity contribution is -0.144. The van der Waals surface area contributed by atoms with Crippen LogP contribution in [0.1, 0.15) is 39.5 Å². The number of rotatable bonds is 6. The van der Waals surface area contributed by atoms with E-state index in [4.69, 9.17) is 11.2 Å². The Kier molecular flexibility index (Phi) is 4.42. The fraction of sp³-hybridized carbons (Fsp3) is 0.615. The summed E-state index contributed by atoms with van der Waals surface area (Å²) in [5.41, 5.74) is 2.47.